The highest BCUT2D eigenvalue weighted by atomic mass is 32.2. The van der Waals surface area contributed by atoms with Crippen LogP contribution in [0.15, 0.2) is 48.8 Å². The summed E-state index contributed by atoms with van der Waals surface area (Å²) in [6.45, 7) is 4.89. The average Bonchev–Trinajstić information content (AvgIpc) is 2.82. The van der Waals surface area contributed by atoms with E-state index in [2.05, 4.69) is 43.0 Å². The number of aromatic nitrogens is 1. The molecule has 0 spiro atoms. The van der Waals surface area contributed by atoms with Gasteiger partial charge < -0.3 is 15.0 Å². The number of methoxy groups -OCH3 is 1. The van der Waals surface area contributed by atoms with E-state index in [0.717, 1.165) is 50.5 Å². The molecule has 1 saturated heterocycles. The molecule has 1 N–H and O–H groups in total. The second-order valence-electron chi connectivity index (χ2n) is 7.38. The van der Waals surface area contributed by atoms with Crippen molar-refractivity contribution < 1.29 is 14.3 Å². The third-order valence-corrected chi connectivity index (χ3v) is 6.21. The number of thioether (sulfide) groups is 1. The van der Waals surface area contributed by atoms with Crippen molar-refractivity contribution in [3.05, 3.63) is 54.4 Å². The number of amides is 1. The van der Waals surface area contributed by atoms with Gasteiger partial charge in [0.25, 0.3) is 0 Å². The first-order valence-corrected chi connectivity index (χ1v) is 11.7. The van der Waals surface area contributed by atoms with Gasteiger partial charge in [-0.25, -0.2) is 0 Å². The third kappa shape index (κ3) is 7.56. The Kier molecular flexibility index (Phi) is 9.17. The summed E-state index contributed by atoms with van der Waals surface area (Å²) in [5, 5.41) is 3.04. The lowest BCUT2D eigenvalue weighted by atomic mass is 10.1. The van der Waals surface area contributed by atoms with Gasteiger partial charge in [0.15, 0.2) is 0 Å². The molecule has 0 atom stereocenters. The molecule has 1 aromatic heterocycles. The van der Waals surface area contributed by atoms with E-state index in [1.165, 1.54) is 24.4 Å². The van der Waals surface area contributed by atoms with E-state index >= 15 is 0 Å². The third-order valence-electron chi connectivity index (χ3n) is 5.28. The summed E-state index contributed by atoms with van der Waals surface area (Å²) in [5.74, 6) is 0.543. The fraction of sp³-hybridized carbons (Fsp3) is 0.435. The topological polar surface area (TPSA) is 74.8 Å². The molecule has 166 valence electrons. The fourth-order valence-corrected chi connectivity index (χ4v) is 4.25. The van der Waals surface area contributed by atoms with Gasteiger partial charge in [0, 0.05) is 57.3 Å². The van der Waals surface area contributed by atoms with E-state index in [1.807, 2.05) is 30.6 Å². The molecule has 7 nitrogen and oxygen atoms in total. The van der Waals surface area contributed by atoms with Crippen LogP contribution in [0.2, 0.25) is 0 Å². The van der Waals surface area contributed by atoms with Crippen molar-refractivity contribution in [3.8, 4) is 0 Å². The van der Waals surface area contributed by atoms with Crippen molar-refractivity contribution in [1.82, 2.24) is 9.88 Å². The monoisotopic (exact) mass is 442 g/mol. The van der Waals surface area contributed by atoms with Gasteiger partial charge in [0.05, 0.1) is 24.2 Å². The molecule has 0 aliphatic carbocycles. The van der Waals surface area contributed by atoms with Crippen molar-refractivity contribution >= 4 is 35.0 Å². The summed E-state index contributed by atoms with van der Waals surface area (Å²) in [5.41, 5.74) is 3.22. The van der Waals surface area contributed by atoms with Gasteiger partial charge in [-0.1, -0.05) is 12.1 Å². The Balaban J connectivity index is 1.45. The van der Waals surface area contributed by atoms with Crippen LogP contribution in [0.25, 0.3) is 0 Å². The summed E-state index contributed by atoms with van der Waals surface area (Å²) >= 11 is 1.41. The number of para-hydroxylation sites is 2. The van der Waals surface area contributed by atoms with Gasteiger partial charge in [-0.15, -0.1) is 11.8 Å². The molecule has 1 aliphatic rings. The second kappa shape index (κ2) is 12.3. The van der Waals surface area contributed by atoms with Crippen LogP contribution in [-0.2, 0) is 20.7 Å². The maximum absolute atomic E-state index is 12.4. The van der Waals surface area contributed by atoms with E-state index in [0.29, 0.717) is 12.2 Å². The summed E-state index contributed by atoms with van der Waals surface area (Å²) in [4.78, 5) is 32.4. The Morgan fingerprint density at radius 1 is 1.10 bits per heavy atom. The number of carbonyl (C=O) groups is 2. The number of hydrogen-bond donors (Lipinski definition) is 1. The largest absolute Gasteiger partial charge is 0.468 e. The van der Waals surface area contributed by atoms with Crippen LogP contribution in [-0.4, -0.2) is 73.1 Å². The van der Waals surface area contributed by atoms with Gasteiger partial charge in [-0.3, -0.25) is 19.5 Å². The SMILES string of the molecule is COC(=O)CSCCC(=O)Nc1ccccc1N1CCN(CCc2ccncc2)CC1. The molecule has 0 unspecified atom stereocenters. The molecular formula is C23H30N4O3S. The highest BCUT2D eigenvalue weighted by Crippen LogP contribution is 2.27. The van der Waals surface area contributed by atoms with Crippen molar-refractivity contribution in [2.45, 2.75) is 12.8 Å². The Labute approximate surface area is 188 Å². The Morgan fingerprint density at radius 2 is 1.84 bits per heavy atom. The van der Waals surface area contributed by atoms with Gasteiger partial charge in [0.2, 0.25) is 5.91 Å². The van der Waals surface area contributed by atoms with Gasteiger partial charge in [-0.05, 0) is 36.2 Å². The second-order valence-corrected chi connectivity index (χ2v) is 8.48. The standard InChI is InChI=1S/C23H30N4O3S/c1-30-23(29)18-31-17-9-22(28)25-20-4-2-3-5-21(20)27-15-13-26(14-16-27)12-8-19-6-10-24-11-7-19/h2-7,10-11H,8-9,12-18H2,1H3,(H,25,28). The molecule has 31 heavy (non-hydrogen) atoms. The molecule has 2 heterocycles. The Bertz CT molecular complexity index is 842. The number of benzene rings is 1. The molecule has 2 aromatic rings. The predicted octanol–water partition coefficient (Wildman–Crippen LogP) is 2.68. The number of rotatable bonds is 10. The predicted molar refractivity (Wildman–Crippen MR) is 126 cm³/mol. The van der Waals surface area contributed by atoms with Gasteiger partial charge >= 0.3 is 5.97 Å². The lowest BCUT2D eigenvalue weighted by Gasteiger charge is -2.37. The number of esters is 1. The Hall–Kier alpha value is -2.58. The first-order valence-electron chi connectivity index (χ1n) is 10.6. The van der Waals surface area contributed by atoms with Crippen LogP contribution >= 0.6 is 11.8 Å². The number of ether oxygens (including phenoxy) is 1. The average molecular weight is 443 g/mol. The minimum absolute atomic E-state index is 0.0409. The van der Waals surface area contributed by atoms with E-state index in [1.54, 1.807) is 0 Å². The van der Waals surface area contributed by atoms with Crippen LogP contribution in [0.1, 0.15) is 12.0 Å². The van der Waals surface area contributed by atoms with Gasteiger partial charge in [-0.2, -0.15) is 0 Å². The number of hydrogen-bond acceptors (Lipinski definition) is 7. The number of nitrogens with zero attached hydrogens (tertiary/aromatic N) is 3. The molecule has 8 heteroatoms. The summed E-state index contributed by atoms with van der Waals surface area (Å²) in [6.07, 6.45) is 5.08. The summed E-state index contributed by atoms with van der Waals surface area (Å²) in [6, 6.07) is 12.1. The zero-order valence-electron chi connectivity index (χ0n) is 18.0. The fourth-order valence-electron chi connectivity index (χ4n) is 3.50. The molecule has 0 bridgehead atoms. The molecule has 1 aliphatic heterocycles. The number of piperazine rings is 1. The molecule has 0 saturated carbocycles. The molecule has 3 rings (SSSR count). The lowest BCUT2D eigenvalue weighted by Crippen LogP contribution is -2.47. The van der Waals surface area contributed by atoms with E-state index in [-0.39, 0.29) is 17.6 Å². The number of carbonyl (C=O) groups excluding carboxylic acids is 2. The van der Waals surface area contributed by atoms with E-state index < -0.39 is 0 Å². The summed E-state index contributed by atoms with van der Waals surface area (Å²) < 4.78 is 4.61. The first kappa shape index (κ1) is 23.1. The normalized spacial score (nSPS) is 14.3. The van der Waals surface area contributed by atoms with E-state index in [4.69, 9.17) is 0 Å². The minimum atomic E-state index is -0.268. The number of pyridine rings is 1. The van der Waals surface area contributed by atoms with Gasteiger partial charge in [0.1, 0.15) is 0 Å². The zero-order chi connectivity index (χ0) is 21.9. The molecule has 0 radical (unpaired) electrons. The first-order chi connectivity index (χ1) is 15.2. The zero-order valence-corrected chi connectivity index (χ0v) is 18.8. The van der Waals surface area contributed by atoms with Crippen LogP contribution in [0, 0.1) is 0 Å². The van der Waals surface area contributed by atoms with Crippen molar-refractivity contribution in [3.63, 3.8) is 0 Å². The van der Waals surface area contributed by atoms with E-state index in [9.17, 15) is 9.59 Å². The molecule has 1 aromatic carbocycles. The quantitative estimate of drug-likeness (QED) is 0.448. The Morgan fingerprint density at radius 3 is 2.58 bits per heavy atom. The highest BCUT2D eigenvalue weighted by molar-refractivity contribution is 7.99. The molecule has 1 fully saturated rings. The number of anilines is 2. The van der Waals surface area contributed by atoms with Crippen LogP contribution in [0.4, 0.5) is 11.4 Å². The smallest absolute Gasteiger partial charge is 0.315 e. The van der Waals surface area contributed by atoms with Crippen LogP contribution < -0.4 is 10.2 Å². The maximum Gasteiger partial charge on any atom is 0.315 e. The van der Waals surface area contributed by atoms with Crippen LogP contribution in [0.3, 0.4) is 0 Å². The van der Waals surface area contributed by atoms with Crippen molar-refractivity contribution in [2.24, 2.45) is 0 Å². The summed E-state index contributed by atoms with van der Waals surface area (Å²) in [7, 11) is 1.37. The number of nitrogens with one attached hydrogen (secondary N) is 1. The maximum atomic E-state index is 12.4. The minimum Gasteiger partial charge on any atom is -0.468 e. The molecule has 1 amide bonds. The highest BCUT2D eigenvalue weighted by Gasteiger charge is 2.19. The molecular weight excluding hydrogens is 412 g/mol. The van der Waals surface area contributed by atoms with Crippen LogP contribution in [0.5, 0.6) is 0 Å². The van der Waals surface area contributed by atoms with Crippen molar-refractivity contribution in [1.29, 1.82) is 0 Å². The van der Waals surface area contributed by atoms with Crippen molar-refractivity contribution in [2.75, 3.05) is 61.6 Å². The lowest BCUT2D eigenvalue weighted by molar-refractivity contribution is -0.137.